The zero-order valence-corrected chi connectivity index (χ0v) is 7.41. The van der Waals surface area contributed by atoms with Gasteiger partial charge >= 0.3 is 0 Å². The molecule has 0 heterocycles. The monoisotopic (exact) mass is 180 g/mol. The fourth-order valence-corrected chi connectivity index (χ4v) is 0.802. The van der Waals surface area contributed by atoms with Crippen LogP contribution in [0.25, 0.3) is 0 Å². The van der Waals surface area contributed by atoms with Crippen LogP contribution in [0.4, 0.5) is 0 Å². The second-order valence-electron chi connectivity index (χ2n) is 2.56. The van der Waals surface area contributed by atoms with E-state index in [1.807, 2.05) is 30.3 Å². The van der Waals surface area contributed by atoms with Gasteiger partial charge in [0, 0.05) is 6.92 Å². The quantitative estimate of drug-likeness (QED) is 0.531. The Morgan fingerprint density at radius 2 is 2.08 bits per heavy atom. The minimum Gasteiger partial charge on any atom is -0.277 e. The lowest BCUT2D eigenvalue weighted by atomic mass is 10.2. The largest absolute Gasteiger partial charge is 0.277 e. The molecule has 1 amide bonds. The molecule has 0 bridgehead atoms. The smallest absolute Gasteiger partial charge is 0.232 e. The Kier molecular flexibility index (Phi) is 3.95. The van der Waals surface area contributed by atoms with Gasteiger partial charge in [0.1, 0.15) is 0 Å². The van der Waals surface area contributed by atoms with Crippen LogP contribution in [-0.4, -0.2) is 5.91 Å². The predicted molar refractivity (Wildman–Crippen MR) is 48.2 cm³/mol. The van der Waals surface area contributed by atoms with Crippen molar-refractivity contribution < 1.29 is 9.63 Å². The second kappa shape index (κ2) is 5.29. The molecule has 70 valence electrons. The van der Waals surface area contributed by atoms with Gasteiger partial charge in [-0.2, -0.15) is 0 Å². The maximum Gasteiger partial charge on any atom is 0.232 e. The molecule has 0 saturated heterocycles. The molecule has 0 radical (unpaired) electrons. The molecule has 1 rings (SSSR count). The summed E-state index contributed by atoms with van der Waals surface area (Å²) in [5.74, 6) is -0.187. The van der Waals surface area contributed by atoms with Crippen molar-refractivity contribution in [1.82, 2.24) is 11.0 Å². The van der Waals surface area contributed by atoms with Gasteiger partial charge in [-0.05, 0) is 5.56 Å². The van der Waals surface area contributed by atoms with Crippen molar-refractivity contribution in [2.24, 2.45) is 0 Å². The first-order valence-corrected chi connectivity index (χ1v) is 3.96. The van der Waals surface area contributed by atoms with Crippen LogP contribution in [0, 0.1) is 0 Å². The molecule has 1 aromatic rings. The Morgan fingerprint density at radius 3 is 2.69 bits per heavy atom. The van der Waals surface area contributed by atoms with Crippen molar-refractivity contribution in [3.05, 3.63) is 35.9 Å². The highest BCUT2D eigenvalue weighted by atomic mass is 16.7. The number of amides is 1. The first-order valence-electron chi connectivity index (χ1n) is 3.96. The molecule has 0 saturated carbocycles. The van der Waals surface area contributed by atoms with Crippen LogP contribution < -0.4 is 11.0 Å². The highest BCUT2D eigenvalue weighted by Gasteiger charge is 1.91. The molecule has 0 aromatic heterocycles. The van der Waals surface area contributed by atoms with Crippen LogP contribution in [0.5, 0.6) is 0 Å². The number of hydrogen-bond acceptors (Lipinski definition) is 3. The number of hydrazine groups is 1. The third-order valence-electron chi connectivity index (χ3n) is 1.38. The van der Waals surface area contributed by atoms with Gasteiger partial charge in [0.25, 0.3) is 0 Å². The molecule has 1 aromatic carbocycles. The molecule has 4 heteroatoms. The van der Waals surface area contributed by atoms with Gasteiger partial charge in [0.05, 0.1) is 6.61 Å². The van der Waals surface area contributed by atoms with Gasteiger partial charge in [0.2, 0.25) is 5.91 Å². The molecule has 0 unspecified atom stereocenters. The van der Waals surface area contributed by atoms with E-state index >= 15 is 0 Å². The van der Waals surface area contributed by atoms with Gasteiger partial charge in [-0.25, -0.2) is 0 Å². The Hall–Kier alpha value is -1.39. The first kappa shape index (κ1) is 9.70. The lowest BCUT2D eigenvalue weighted by Gasteiger charge is -2.04. The molecule has 0 aliphatic heterocycles. The van der Waals surface area contributed by atoms with E-state index in [0.717, 1.165) is 5.56 Å². The third kappa shape index (κ3) is 4.25. The maximum atomic E-state index is 10.4. The summed E-state index contributed by atoms with van der Waals surface area (Å²) >= 11 is 0. The number of rotatable bonds is 4. The summed E-state index contributed by atoms with van der Waals surface area (Å²) in [4.78, 5) is 15.4. The predicted octanol–water partition coefficient (Wildman–Crippen LogP) is 0.759. The number of carbonyl (C=O) groups is 1. The molecular weight excluding hydrogens is 168 g/mol. The lowest BCUT2D eigenvalue weighted by Crippen LogP contribution is -2.35. The Labute approximate surface area is 76.8 Å². The van der Waals surface area contributed by atoms with Crippen LogP contribution in [0.2, 0.25) is 0 Å². The topological polar surface area (TPSA) is 50.4 Å². The van der Waals surface area contributed by atoms with E-state index in [1.165, 1.54) is 6.92 Å². The zero-order chi connectivity index (χ0) is 9.52. The normalized spacial score (nSPS) is 9.62. The summed E-state index contributed by atoms with van der Waals surface area (Å²) in [6.07, 6.45) is 0. The summed E-state index contributed by atoms with van der Waals surface area (Å²) in [6, 6.07) is 9.67. The number of benzene rings is 1. The van der Waals surface area contributed by atoms with Gasteiger partial charge in [-0.15, -0.1) is 5.59 Å². The van der Waals surface area contributed by atoms with E-state index < -0.39 is 0 Å². The van der Waals surface area contributed by atoms with Crippen molar-refractivity contribution in [1.29, 1.82) is 0 Å². The second-order valence-corrected chi connectivity index (χ2v) is 2.56. The molecule has 0 atom stereocenters. The van der Waals surface area contributed by atoms with Crippen molar-refractivity contribution in [2.45, 2.75) is 13.5 Å². The van der Waals surface area contributed by atoms with E-state index in [-0.39, 0.29) is 5.91 Å². The Balaban J connectivity index is 2.17. The summed E-state index contributed by atoms with van der Waals surface area (Å²) in [6.45, 7) is 1.82. The summed E-state index contributed by atoms with van der Waals surface area (Å²) in [5.41, 5.74) is 5.68. The fraction of sp³-hybridized carbons (Fsp3) is 0.222. The van der Waals surface area contributed by atoms with Crippen molar-refractivity contribution in [3.63, 3.8) is 0 Å². The lowest BCUT2D eigenvalue weighted by molar-refractivity contribution is -0.125. The molecule has 13 heavy (non-hydrogen) atoms. The summed E-state index contributed by atoms with van der Waals surface area (Å²) < 4.78 is 0. The van der Waals surface area contributed by atoms with Crippen LogP contribution in [0.1, 0.15) is 12.5 Å². The van der Waals surface area contributed by atoms with Crippen molar-refractivity contribution in [2.75, 3.05) is 0 Å². The third-order valence-corrected chi connectivity index (χ3v) is 1.38. The standard InChI is InChI=1S/C9H12N2O2/c1-8(12)10-11-13-7-9-5-3-2-4-6-9/h2-6,11H,7H2,1H3,(H,10,12). The van der Waals surface area contributed by atoms with Crippen molar-refractivity contribution in [3.8, 4) is 0 Å². The molecule has 2 N–H and O–H groups in total. The van der Waals surface area contributed by atoms with Gasteiger partial charge in [-0.3, -0.25) is 15.1 Å². The highest BCUT2D eigenvalue weighted by Crippen LogP contribution is 1.98. The number of carbonyl (C=O) groups excluding carboxylic acids is 1. The first-order chi connectivity index (χ1) is 6.29. The maximum absolute atomic E-state index is 10.4. The zero-order valence-electron chi connectivity index (χ0n) is 7.41. The molecule has 0 aliphatic rings. The van der Waals surface area contributed by atoms with Crippen LogP contribution in [0.3, 0.4) is 0 Å². The number of hydrogen-bond donors (Lipinski definition) is 2. The van der Waals surface area contributed by atoms with Gasteiger partial charge < -0.3 is 0 Å². The fourth-order valence-electron chi connectivity index (χ4n) is 0.802. The van der Waals surface area contributed by atoms with Crippen LogP contribution in [0.15, 0.2) is 30.3 Å². The van der Waals surface area contributed by atoms with E-state index in [9.17, 15) is 4.79 Å². The molecule has 0 spiro atoms. The van der Waals surface area contributed by atoms with E-state index in [4.69, 9.17) is 4.84 Å². The van der Waals surface area contributed by atoms with E-state index in [2.05, 4.69) is 11.0 Å². The molecular formula is C9H12N2O2. The molecule has 4 nitrogen and oxygen atoms in total. The Bertz CT molecular complexity index is 262. The van der Waals surface area contributed by atoms with Crippen LogP contribution in [-0.2, 0) is 16.2 Å². The SMILES string of the molecule is CC(=O)NNOCc1ccccc1. The van der Waals surface area contributed by atoms with Gasteiger partial charge in [-0.1, -0.05) is 30.3 Å². The van der Waals surface area contributed by atoms with Crippen LogP contribution >= 0.6 is 0 Å². The highest BCUT2D eigenvalue weighted by molar-refractivity contribution is 5.72. The van der Waals surface area contributed by atoms with E-state index in [1.54, 1.807) is 0 Å². The molecule has 0 fully saturated rings. The average molecular weight is 180 g/mol. The minimum absolute atomic E-state index is 0.187. The average Bonchev–Trinajstić information content (AvgIpc) is 2.14. The minimum atomic E-state index is -0.187. The van der Waals surface area contributed by atoms with Gasteiger partial charge in [0.15, 0.2) is 0 Å². The van der Waals surface area contributed by atoms with Crippen molar-refractivity contribution >= 4 is 5.91 Å². The summed E-state index contributed by atoms with van der Waals surface area (Å²) in [5, 5.41) is 0. The molecule has 0 aliphatic carbocycles. The Morgan fingerprint density at radius 1 is 1.38 bits per heavy atom. The van der Waals surface area contributed by atoms with E-state index in [0.29, 0.717) is 6.61 Å². The summed E-state index contributed by atoms with van der Waals surface area (Å²) in [7, 11) is 0. The number of nitrogens with one attached hydrogen (secondary N) is 2.